The molecular weight excluding hydrogens is 251 g/mol. The van der Waals surface area contributed by atoms with Gasteiger partial charge in [0.2, 0.25) is 0 Å². The molecule has 0 bridgehead atoms. The molecule has 0 N–H and O–H groups in total. The van der Waals surface area contributed by atoms with Crippen molar-refractivity contribution in [2.24, 2.45) is 0 Å². The normalized spacial score (nSPS) is 12.1. The van der Waals surface area contributed by atoms with Crippen molar-refractivity contribution in [1.29, 1.82) is 0 Å². The Morgan fingerprint density at radius 3 is 2.56 bits per heavy atom. The highest BCUT2D eigenvalue weighted by molar-refractivity contribution is 7.53. The predicted octanol–water partition coefficient (Wildman–Crippen LogP) is 4.20. The minimum atomic E-state index is -3.03. The van der Waals surface area contributed by atoms with Crippen LogP contribution in [0.25, 0.3) is 11.0 Å². The minimum Gasteiger partial charge on any atom is -0.464 e. The highest BCUT2D eigenvalue weighted by Gasteiger charge is 2.24. The molecule has 0 saturated heterocycles. The minimum absolute atomic E-state index is 0.288. The Kier molecular flexibility index (Phi) is 4.23. The van der Waals surface area contributed by atoms with E-state index in [0.29, 0.717) is 13.2 Å². The fourth-order valence-electron chi connectivity index (χ4n) is 1.86. The van der Waals surface area contributed by atoms with Gasteiger partial charge in [0.25, 0.3) is 0 Å². The van der Waals surface area contributed by atoms with Crippen LogP contribution in [0.15, 0.2) is 34.9 Å². The molecule has 2 aromatic rings. The molecule has 0 radical (unpaired) electrons. The van der Waals surface area contributed by atoms with Gasteiger partial charge in [0.05, 0.1) is 25.6 Å². The fourth-order valence-corrected chi connectivity index (χ4v) is 3.55. The molecule has 0 spiro atoms. The Morgan fingerprint density at radius 1 is 1.17 bits per heavy atom. The maximum Gasteiger partial charge on any atom is 0.335 e. The van der Waals surface area contributed by atoms with E-state index in [9.17, 15) is 4.57 Å². The number of furan rings is 1. The molecule has 0 unspecified atom stereocenters. The van der Waals surface area contributed by atoms with Crippen LogP contribution >= 0.6 is 7.60 Å². The molecule has 0 aliphatic carbocycles. The van der Waals surface area contributed by atoms with E-state index in [4.69, 9.17) is 13.5 Å². The Morgan fingerprint density at radius 2 is 1.89 bits per heavy atom. The molecule has 1 aromatic heterocycles. The molecule has 0 fully saturated rings. The van der Waals surface area contributed by atoms with Crippen molar-refractivity contribution in [3.8, 4) is 0 Å². The highest BCUT2D eigenvalue weighted by Crippen LogP contribution is 2.51. The van der Waals surface area contributed by atoms with Gasteiger partial charge in [0, 0.05) is 5.39 Å². The number of rotatable bonds is 6. The molecule has 0 saturated carbocycles. The van der Waals surface area contributed by atoms with Crippen molar-refractivity contribution in [3.63, 3.8) is 0 Å². The van der Waals surface area contributed by atoms with Crippen LogP contribution in [0.5, 0.6) is 0 Å². The van der Waals surface area contributed by atoms with E-state index >= 15 is 0 Å². The average Bonchev–Trinajstić information content (AvgIpc) is 2.76. The first-order valence-corrected chi connectivity index (χ1v) is 7.74. The van der Waals surface area contributed by atoms with Crippen LogP contribution in [0.4, 0.5) is 0 Å². The molecule has 0 atom stereocenters. The third-order valence-electron chi connectivity index (χ3n) is 2.54. The van der Waals surface area contributed by atoms with E-state index < -0.39 is 7.60 Å². The van der Waals surface area contributed by atoms with Crippen molar-refractivity contribution in [1.82, 2.24) is 0 Å². The van der Waals surface area contributed by atoms with Gasteiger partial charge in [-0.15, -0.1) is 0 Å². The standard InChI is InChI=1S/C13H17O4P/c1-3-16-18(14,17-4-2)10-11-5-6-13-12(9-11)7-8-15-13/h5-9H,3-4,10H2,1-2H3. The van der Waals surface area contributed by atoms with E-state index in [1.54, 1.807) is 6.26 Å². The molecule has 18 heavy (non-hydrogen) atoms. The second kappa shape index (κ2) is 5.70. The molecule has 0 amide bonds. The van der Waals surface area contributed by atoms with Crippen LogP contribution in [-0.4, -0.2) is 13.2 Å². The van der Waals surface area contributed by atoms with Crippen molar-refractivity contribution in [2.75, 3.05) is 13.2 Å². The maximum absolute atomic E-state index is 12.4. The summed E-state index contributed by atoms with van der Waals surface area (Å²) in [6.07, 6.45) is 1.93. The second-order valence-corrected chi connectivity index (χ2v) is 5.95. The predicted molar refractivity (Wildman–Crippen MR) is 70.8 cm³/mol. The zero-order chi connectivity index (χ0) is 13.0. The van der Waals surface area contributed by atoms with E-state index in [2.05, 4.69) is 0 Å². The lowest BCUT2D eigenvalue weighted by Crippen LogP contribution is -1.98. The third-order valence-corrected chi connectivity index (χ3v) is 4.60. The lowest BCUT2D eigenvalue weighted by atomic mass is 10.2. The second-order valence-electron chi connectivity index (χ2n) is 3.90. The molecule has 1 heterocycles. The van der Waals surface area contributed by atoms with Crippen molar-refractivity contribution in [3.05, 3.63) is 36.1 Å². The van der Waals surface area contributed by atoms with Gasteiger partial charge in [-0.1, -0.05) is 6.07 Å². The summed E-state index contributed by atoms with van der Waals surface area (Å²) in [5, 5.41) is 0.993. The van der Waals surface area contributed by atoms with Gasteiger partial charge >= 0.3 is 7.60 Å². The van der Waals surface area contributed by atoms with Gasteiger partial charge in [-0.3, -0.25) is 4.57 Å². The molecule has 0 aliphatic rings. The summed E-state index contributed by atoms with van der Waals surface area (Å²) in [6, 6.07) is 7.58. The first kappa shape index (κ1) is 13.3. The summed E-state index contributed by atoms with van der Waals surface area (Å²) < 4.78 is 28.2. The summed E-state index contributed by atoms with van der Waals surface area (Å²) in [4.78, 5) is 0. The van der Waals surface area contributed by atoms with Crippen molar-refractivity contribution < 1.29 is 18.0 Å². The molecule has 2 rings (SSSR count). The average molecular weight is 268 g/mol. The largest absolute Gasteiger partial charge is 0.464 e. The van der Waals surface area contributed by atoms with Gasteiger partial charge in [-0.25, -0.2) is 0 Å². The lowest BCUT2D eigenvalue weighted by molar-refractivity contribution is 0.219. The van der Waals surface area contributed by atoms with Crippen molar-refractivity contribution in [2.45, 2.75) is 20.0 Å². The quantitative estimate of drug-likeness (QED) is 0.737. The summed E-state index contributed by atoms with van der Waals surface area (Å²) in [5.74, 6) is 0. The van der Waals surface area contributed by atoms with E-state index in [1.807, 2.05) is 38.1 Å². The van der Waals surface area contributed by atoms with Crippen LogP contribution in [0, 0.1) is 0 Å². The zero-order valence-corrected chi connectivity index (χ0v) is 11.5. The molecule has 4 nitrogen and oxygen atoms in total. The highest BCUT2D eigenvalue weighted by atomic mass is 31.2. The number of hydrogen-bond donors (Lipinski definition) is 0. The van der Waals surface area contributed by atoms with Crippen LogP contribution in [0.2, 0.25) is 0 Å². The summed E-state index contributed by atoms with van der Waals surface area (Å²) in [6.45, 7) is 4.38. The Labute approximate surface area is 106 Å². The van der Waals surface area contributed by atoms with Gasteiger partial charge in [0.15, 0.2) is 0 Å². The van der Waals surface area contributed by atoms with Gasteiger partial charge in [-0.2, -0.15) is 0 Å². The molecular formula is C13H17O4P. The SMILES string of the molecule is CCOP(=O)(Cc1ccc2occc2c1)OCC. The Bertz CT molecular complexity index is 551. The third kappa shape index (κ3) is 3.02. The number of fused-ring (bicyclic) bond motifs is 1. The molecule has 5 heteroatoms. The summed E-state index contributed by atoms with van der Waals surface area (Å²) in [5.41, 5.74) is 1.75. The van der Waals surface area contributed by atoms with E-state index in [0.717, 1.165) is 16.5 Å². The van der Waals surface area contributed by atoms with Crippen LogP contribution in [0.1, 0.15) is 19.4 Å². The first-order chi connectivity index (χ1) is 8.67. The maximum atomic E-state index is 12.4. The van der Waals surface area contributed by atoms with Gasteiger partial charge < -0.3 is 13.5 Å². The molecule has 0 aliphatic heterocycles. The van der Waals surface area contributed by atoms with E-state index in [-0.39, 0.29) is 6.16 Å². The van der Waals surface area contributed by atoms with Gasteiger partial charge in [0.1, 0.15) is 5.58 Å². The monoisotopic (exact) mass is 268 g/mol. The lowest BCUT2D eigenvalue weighted by Gasteiger charge is -2.16. The fraction of sp³-hybridized carbons (Fsp3) is 0.385. The van der Waals surface area contributed by atoms with E-state index in [1.165, 1.54) is 0 Å². The summed E-state index contributed by atoms with van der Waals surface area (Å²) >= 11 is 0. The topological polar surface area (TPSA) is 48.7 Å². The smallest absolute Gasteiger partial charge is 0.335 e. The summed E-state index contributed by atoms with van der Waals surface area (Å²) in [7, 11) is -3.03. The number of hydrogen-bond acceptors (Lipinski definition) is 4. The zero-order valence-electron chi connectivity index (χ0n) is 10.6. The van der Waals surface area contributed by atoms with Crippen LogP contribution in [-0.2, 0) is 19.8 Å². The first-order valence-electron chi connectivity index (χ1n) is 6.01. The molecule has 1 aromatic carbocycles. The van der Waals surface area contributed by atoms with Crippen molar-refractivity contribution >= 4 is 18.6 Å². The van der Waals surface area contributed by atoms with Crippen LogP contribution < -0.4 is 0 Å². The molecule has 98 valence electrons. The Hall–Kier alpha value is -1.09. The number of benzene rings is 1. The van der Waals surface area contributed by atoms with Gasteiger partial charge in [-0.05, 0) is 37.6 Å². The van der Waals surface area contributed by atoms with Crippen LogP contribution in [0.3, 0.4) is 0 Å². The Balaban J connectivity index is 2.22.